The average molecular weight is 426 g/mol. The lowest BCUT2D eigenvalue weighted by atomic mass is 9.73. The molecule has 0 amide bonds. The molecular formula is C17H32IO2P. The summed E-state index contributed by atoms with van der Waals surface area (Å²) in [4.78, 5) is 0. The van der Waals surface area contributed by atoms with Crippen molar-refractivity contribution in [2.75, 3.05) is 4.43 Å². The van der Waals surface area contributed by atoms with Gasteiger partial charge in [0.2, 0.25) is 0 Å². The summed E-state index contributed by atoms with van der Waals surface area (Å²) in [5.74, 6) is 0.424. The van der Waals surface area contributed by atoms with E-state index in [0.717, 1.165) is 10.8 Å². The molecule has 21 heavy (non-hydrogen) atoms. The lowest BCUT2D eigenvalue weighted by Crippen LogP contribution is -2.37. The standard InChI is InChI=1S/C17H32IO2P/c1-12(13(20-21)8-9-15(2,3)4)10-17(16(5,6)7)14(11-18)19-17/h8-9,12-14H,10-11,21H2,1-7H3/b9-8+/t12-,13+,14+,17+/m1/s1. The maximum atomic E-state index is 6.13. The molecule has 0 aromatic carbocycles. The van der Waals surface area contributed by atoms with Crippen LogP contribution in [0.25, 0.3) is 0 Å². The van der Waals surface area contributed by atoms with Crippen LogP contribution in [0.4, 0.5) is 0 Å². The molecule has 0 spiro atoms. The Morgan fingerprint density at radius 2 is 1.86 bits per heavy atom. The van der Waals surface area contributed by atoms with Crippen LogP contribution in [0, 0.1) is 16.7 Å². The second kappa shape index (κ2) is 7.15. The molecule has 0 aromatic rings. The molecule has 0 N–H and O–H groups in total. The topological polar surface area (TPSA) is 21.8 Å². The lowest BCUT2D eigenvalue weighted by molar-refractivity contribution is 0.100. The van der Waals surface area contributed by atoms with Crippen molar-refractivity contribution in [2.45, 2.75) is 72.7 Å². The number of hydrogen-bond donors (Lipinski definition) is 0. The minimum atomic E-state index is 0.00459. The molecule has 1 aliphatic heterocycles. The van der Waals surface area contributed by atoms with Gasteiger partial charge < -0.3 is 9.26 Å². The Morgan fingerprint density at radius 3 is 2.19 bits per heavy atom. The third-order valence-electron chi connectivity index (χ3n) is 4.35. The number of allylic oxidation sites excluding steroid dienone is 1. The van der Waals surface area contributed by atoms with Gasteiger partial charge in [0.05, 0.1) is 12.2 Å². The second-order valence-electron chi connectivity index (χ2n) is 8.41. The van der Waals surface area contributed by atoms with Gasteiger partial charge in [-0.25, -0.2) is 0 Å². The summed E-state index contributed by atoms with van der Waals surface area (Å²) < 4.78 is 12.8. The van der Waals surface area contributed by atoms with Crippen molar-refractivity contribution in [1.29, 1.82) is 0 Å². The predicted octanol–water partition coefficient (Wildman–Crippen LogP) is 5.41. The third kappa shape index (κ3) is 5.16. The highest BCUT2D eigenvalue weighted by molar-refractivity contribution is 14.1. The van der Waals surface area contributed by atoms with E-state index in [9.17, 15) is 0 Å². The normalized spacial score (nSPS) is 29.7. The van der Waals surface area contributed by atoms with Crippen molar-refractivity contribution in [1.82, 2.24) is 0 Å². The maximum absolute atomic E-state index is 6.13. The summed E-state index contributed by atoms with van der Waals surface area (Å²) >= 11 is 2.43. The van der Waals surface area contributed by atoms with Crippen LogP contribution in [0.2, 0.25) is 0 Å². The Kier molecular flexibility index (Phi) is 6.76. The van der Waals surface area contributed by atoms with Gasteiger partial charge in [-0.2, -0.15) is 0 Å². The molecule has 0 aliphatic carbocycles. The van der Waals surface area contributed by atoms with Crippen LogP contribution in [-0.4, -0.2) is 22.2 Å². The number of ether oxygens (including phenoxy) is 1. The highest BCUT2D eigenvalue weighted by Crippen LogP contribution is 2.55. The fourth-order valence-electron chi connectivity index (χ4n) is 2.87. The molecule has 2 nitrogen and oxygen atoms in total. The SMILES string of the molecule is C[C@H](C[C@]1(C(C)(C)C)O[C@H]1CI)[C@H](/C=C/C(C)(C)C)OP. The van der Waals surface area contributed by atoms with E-state index in [-0.39, 0.29) is 22.5 Å². The van der Waals surface area contributed by atoms with Gasteiger partial charge in [0.25, 0.3) is 0 Å². The van der Waals surface area contributed by atoms with Crippen molar-refractivity contribution in [3.05, 3.63) is 12.2 Å². The number of epoxide rings is 1. The van der Waals surface area contributed by atoms with E-state index in [4.69, 9.17) is 9.26 Å². The van der Waals surface area contributed by atoms with Crippen LogP contribution >= 0.6 is 32.1 Å². The Bertz CT molecular complexity index is 370. The molecule has 0 saturated carbocycles. The van der Waals surface area contributed by atoms with E-state index in [1.165, 1.54) is 0 Å². The summed E-state index contributed by atoms with van der Waals surface area (Å²) in [6.45, 7) is 15.7. The first-order valence-electron chi connectivity index (χ1n) is 7.75. The number of alkyl halides is 1. The molecule has 1 saturated heterocycles. The average Bonchev–Trinajstić information content (AvgIpc) is 3.02. The maximum Gasteiger partial charge on any atom is 0.101 e. The quantitative estimate of drug-likeness (QED) is 0.186. The first-order valence-corrected chi connectivity index (χ1v) is 9.75. The molecule has 1 rings (SSSR count). The minimum Gasteiger partial charge on any atom is -0.365 e. The molecule has 1 aliphatic rings. The zero-order valence-electron chi connectivity index (χ0n) is 14.6. The lowest BCUT2D eigenvalue weighted by Gasteiger charge is -2.32. The van der Waals surface area contributed by atoms with Crippen LogP contribution < -0.4 is 0 Å². The van der Waals surface area contributed by atoms with Gasteiger partial charge in [-0.05, 0) is 23.2 Å². The second-order valence-corrected chi connectivity index (χ2v) is 9.56. The summed E-state index contributed by atoms with van der Waals surface area (Å²) in [7, 11) is 2.43. The number of hydrogen-bond acceptors (Lipinski definition) is 2. The van der Waals surface area contributed by atoms with Gasteiger partial charge in [0.15, 0.2) is 0 Å². The fraction of sp³-hybridized carbons (Fsp3) is 0.882. The zero-order valence-corrected chi connectivity index (χ0v) is 17.9. The molecule has 0 aromatic heterocycles. The van der Waals surface area contributed by atoms with Crippen molar-refractivity contribution < 1.29 is 9.26 Å². The molecule has 0 bridgehead atoms. The summed E-state index contributed by atoms with van der Waals surface area (Å²) in [6.07, 6.45) is 5.99. The Labute approximate surface area is 147 Å². The minimum absolute atomic E-state index is 0.00459. The zero-order chi connectivity index (χ0) is 16.5. The van der Waals surface area contributed by atoms with Gasteiger partial charge in [-0.1, -0.05) is 83.2 Å². The van der Waals surface area contributed by atoms with Gasteiger partial charge >= 0.3 is 0 Å². The van der Waals surface area contributed by atoms with E-state index in [0.29, 0.717) is 12.0 Å². The number of rotatable bonds is 6. The van der Waals surface area contributed by atoms with Crippen LogP contribution in [0.1, 0.15) is 54.9 Å². The largest absolute Gasteiger partial charge is 0.365 e. The van der Waals surface area contributed by atoms with Gasteiger partial charge in [-0.15, -0.1) is 0 Å². The molecule has 0 radical (unpaired) electrons. The first kappa shape index (κ1) is 19.9. The smallest absolute Gasteiger partial charge is 0.101 e. The summed E-state index contributed by atoms with van der Waals surface area (Å²) in [5, 5.41) is 0. The third-order valence-corrected chi connectivity index (χ3v) is 5.47. The van der Waals surface area contributed by atoms with E-state index in [1.54, 1.807) is 0 Å². The van der Waals surface area contributed by atoms with Gasteiger partial charge in [-0.3, -0.25) is 0 Å². The summed E-state index contributed by atoms with van der Waals surface area (Å²) in [5.41, 5.74) is 0.352. The Hall–Kier alpha value is 0.820. The van der Waals surface area contributed by atoms with Crippen molar-refractivity contribution in [3.63, 3.8) is 0 Å². The molecule has 1 unspecified atom stereocenters. The van der Waals surface area contributed by atoms with Crippen molar-refractivity contribution in [3.8, 4) is 0 Å². The van der Waals surface area contributed by atoms with Crippen LogP contribution in [0.3, 0.4) is 0 Å². The molecule has 124 valence electrons. The monoisotopic (exact) mass is 426 g/mol. The number of halogens is 1. The molecule has 4 heteroatoms. The first-order chi connectivity index (χ1) is 9.47. The fourth-order valence-corrected chi connectivity index (χ4v) is 4.12. The van der Waals surface area contributed by atoms with Crippen LogP contribution in [0.5, 0.6) is 0 Å². The molecule has 1 heterocycles. The van der Waals surface area contributed by atoms with Crippen LogP contribution in [-0.2, 0) is 9.26 Å². The molecule has 1 fully saturated rings. The van der Waals surface area contributed by atoms with E-state index < -0.39 is 0 Å². The van der Waals surface area contributed by atoms with Crippen molar-refractivity contribution in [2.24, 2.45) is 16.7 Å². The summed E-state index contributed by atoms with van der Waals surface area (Å²) in [6, 6.07) is 0. The van der Waals surface area contributed by atoms with Crippen LogP contribution in [0.15, 0.2) is 12.2 Å². The predicted molar refractivity (Wildman–Crippen MR) is 103 cm³/mol. The van der Waals surface area contributed by atoms with Gasteiger partial charge in [0, 0.05) is 13.9 Å². The van der Waals surface area contributed by atoms with Crippen molar-refractivity contribution >= 4 is 32.1 Å². The Balaban J connectivity index is 2.78. The molecular weight excluding hydrogens is 394 g/mol. The van der Waals surface area contributed by atoms with Gasteiger partial charge in [0.1, 0.15) is 5.60 Å². The highest BCUT2D eigenvalue weighted by Gasteiger charge is 2.62. The van der Waals surface area contributed by atoms with E-state index in [2.05, 4.69) is 92.7 Å². The molecule has 5 atom stereocenters. The van der Waals surface area contributed by atoms with E-state index in [1.807, 2.05) is 0 Å². The highest BCUT2D eigenvalue weighted by atomic mass is 127. The van der Waals surface area contributed by atoms with E-state index >= 15 is 0 Å². The Morgan fingerprint density at radius 1 is 1.29 bits per heavy atom.